The van der Waals surface area contributed by atoms with Crippen LogP contribution in [0.15, 0.2) is 91.0 Å². The molecule has 6 nitrogen and oxygen atoms in total. The molecule has 0 atom stereocenters. The number of aromatic nitrogens is 2. The fourth-order valence-electron chi connectivity index (χ4n) is 4.34. The second kappa shape index (κ2) is 9.14. The number of anilines is 1. The van der Waals surface area contributed by atoms with E-state index in [1.807, 2.05) is 78.9 Å². The first-order chi connectivity index (χ1) is 17.6. The highest BCUT2D eigenvalue weighted by Gasteiger charge is 2.36. The summed E-state index contributed by atoms with van der Waals surface area (Å²) < 4.78 is 0. The van der Waals surface area contributed by atoms with E-state index in [4.69, 9.17) is 5.41 Å². The van der Waals surface area contributed by atoms with Crippen LogP contribution < -0.4 is 4.90 Å². The molecule has 1 saturated heterocycles. The molecular formula is C28H18N4O2S2. The van der Waals surface area contributed by atoms with E-state index >= 15 is 0 Å². The van der Waals surface area contributed by atoms with E-state index in [9.17, 15) is 9.59 Å². The maximum Gasteiger partial charge on any atom is 0.243 e. The third kappa shape index (κ3) is 3.71. The van der Waals surface area contributed by atoms with Gasteiger partial charge in [0.1, 0.15) is 15.4 Å². The molecule has 5 aromatic rings. The van der Waals surface area contributed by atoms with Crippen LogP contribution in [0.1, 0.15) is 15.2 Å². The summed E-state index contributed by atoms with van der Waals surface area (Å²) in [4.78, 5) is 29.1. The molecule has 0 radical (unpaired) electrons. The van der Waals surface area contributed by atoms with Crippen molar-refractivity contribution in [2.45, 2.75) is 0 Å². The highest BCUT2D eigenvalue weighted by molar-refractivity contribution is 8.15. The van der Waals surface area contributed by atoms with Crippen LogP contribution in [-0.4, -0.2) is 32.8 Å². The Hall–Kier alpha value is -4.14. The fourth-order valence-corrected chi connectivity index (χ4v) is 6.13. The minimum Gasteiger partial charge on any atom is -0.288 e. The van der Waals surface area contributed by atoms with Gasteiger partial charge in [-0.05, 0) is 5.56 Å². The van der Waals surface area contributed by atoms with Crippen LogP contribution in [0.4, 0.5) is 5.69 Å². The van der Waals surface area contributed by atoms with Crippen molar-refractivity contribution in [3.63, 3.8) is 0 Å². The summed E-state index contributed by atoms with van der Waals surface area (Å²) in [6.07, 6.45) is 0. The second-order valence-electron chi connectivity index (χ2n) is 8.13. The Labute approximate surface area is 215 Å². The largest absolute Gasteiger partial charge is 0.288 e. The molecule has 0 unspecified atom stereocenters. The molecule has 8 heteroatoms. The van der Waals surface area contributed by atoms with Crippen molar-refractivity contribution >= 4 is 55.9 Å². The van der Waals surface area contributed by atoms with Crippen molar-refractivity contribution in [2.75, 3.05) is 10.7 Å². The zero-order chi connectivity index (χ0) is 24.6. The molecule has 1 aliphatic rings. The monoisotopic (exact) mass is 506 g/mol. The number of thioether (sulfide) groups is 1. The van der Waals surface area contributed by atoms with Crippen molar-refractivity contribution in [3.8, 4) is 22.4 Å². The van der Waals surface area contributed by atoms with E-state index < -0.39 is 0 Å². The van der Waals surface area contributed by atoms with Gasteiger partial charge < -0.3 is 0 Å². The number of hydrogen-bond donors (Lipinski definition) is 1. The first-order valence-electron chi connectivity index (χ1n) is 11.2. The summed E-state index contributed by atoms with van der Waals surface area (Å²) in [5.41, 5.74) is 4.11. The van der Waals surface area contributed by atoms with Gasteiger partial charge in [0.15, 0.2) is 5.17 Å². The van der Waals surface area contributed by atoms with Gasteiger partial charge >= 0.3 is 0 Å². The van der Waals surface area contributed by atoms with Crippen molar-refractivity contribution in [1.29, 1.82) is 5.41 Å². The summed E-state index contributed by atoms with van der Waals surface area (Å²) in [6.45, 7) is 0. The highest BCUT2D eigenvalue weighted by atomic mass is 32.2. The Morgan fingerprint density at radius 2 is 1.44 bits per heavy atom. The van der Waals surface area contributed by atoms with Gasteiger partial charge in [0.2, 0.25) is 11.7 Å². The molecule has 0 aliphatic carbocycles. The number of hydrogen-bond acceptors (Lipinski definition) is 7. The molecule has 3 aromatic carbocycles. The van der Waals surface area contributed by atoms with E-state index in [-0.39, 0.29) is 22.6 Å². The molecule has 1 N–H and O–H groups in total. The lowest BCUT2D eigenvalue weighted by Gasteiger charge is -2.18. The van der Waals surface area contributed by atoms with Gasteiger partial charge in [-0.3, -0.25) is 19.9 Å². The Morgan fingerprint density at radius 3 is 2.06 bits per heavy atom. The van der Waals surface area contributed by atoms with Crippen LogP contribution in [0.25, 0.3) is 32.6 Å². The Balaban J connectivity index is 1.74. The van der Waals surface area contributed by atoms with Crippen LogP contribution in [0.3, 0.4) is 0 Å². The lowest BCUT2D eigenvalue weighted by Crippen LogP contribution is -2.29. The molecule has 1 aliphatic heterocycles. The molecule has 1 amide bonds. The molecule has 36 heavy (non-hydrogen) atoms. The van der Waals surface area contributed by atoms with E-state index in [1.165, 1.54) is 16.2 Å². The number of fused-ring (bicyclic) bond motifs is 1. The lowest BCUT2D eigenvalue weighted by atomic mass is 9.95. The third-order valence-electron chi connectivity index (χ3n) is 5.95. The van der Waals surface area contributed by atoms with Crippen molar-refractivity contribution in [2.24, 2.45) is 0 Å². The Kier molecular flexibility index (Phi) is 5.67. The molecule has 1 fully saturated rings. The smallest absolute Gasteiger partial charge is 0.243 e. The van der Waals surface area contributed by atoms with Gasteiger partial charge in [-0.1, -0.05) is 103 Å². The van der Waals surface area contributed by atoms with E-state index in [0.29, 0.717) is 32.0 Å². The lowest BCUT2D eigenvalue weighted by molar-refractivity contribution is -0.115. The van der Waals surface area contributed by atoms with Crippen LogP contribution in [0, 0.1) is 5.41 Å². The van der Waals surface area contributed by atoms with Crippen LogP contribution in [0.2, 0.25) is 0 Å². The molecule has 174 valence electrons. The van der Waals surface area contributed by atoms with E-state index in [2.05, 4.69) is 10.2 Å². The van der Waals surface area contributed by atoms with Crippen LogP contribution >= 0.6 is 23.1 Å². The minimum absolute atomic E-state index is 0.0962. The number of amidine groups is 1. The summed E-state index contributed by atoms with van der Waals surface area (Å²) >= 11 is 2.36. The molecule has 2 aromatic heterocycles. The Morgan fingerprint density at radius 1 is 0.833 bits per heavy atom. The second-order valence-corrected chi connectivity index (χ2v) is 10.1. The Bertz CT molecular complexity index is 1620. The van der Waals surface area contributed by atoms with Gasteiger partial charge in [-0.15, -0.1) is 21.5 Å². The van der Waals surface area contributed by atoms with Crippen LogP contribution in [-0.2, 0) is 4.79 Å². The zero-order valence-corrected chi connectivity index (χ0v) is 20.5. The van der Waals surface area contributed by atoms with Crippen molar-refractivity contribution in [1.82, 2.24) is 10.2 Å². The maximum atomic E-state index is 13.8. The number of thiophene rings is 1. The van der Waals surface area contributed by atoms with Crippen molar-refractivity contribution in [3.05, 3.63) is 101 Å². The number of benzene rings is 3. The average Bonchev–Trinajstić information content (AvgIpc) is 3.47. The van der Waals surface area contributed by atoms with Gasteiger partial charge in [0.05, 0.1) is 11.4 Å². The number of carbonyl (C=O) groups excluding carboxylic acids is 2. The predicted octanol–water partition coefficient (Wildman–Crippen LogP) is 6.27. The first kappa shape index (κ1) is 22.3. The number of ketones is 1. The quantitative estimate of drug-likeness (QED) is 0.284. The molecule has 0 saturated carbocycles. The number of amides is 1. The predicted molar refractivity (Wildman–Crippen MR) is 146 cm³/mol. The standard InChI is InChI=1S/C28H18N4O2S2/c29-28-32(20(33)16-35-28)24-22-21(17-10-4-1-5-11-17)23(18-12-6-2-7-13-18)30-31-27(22)36-26(24)25(34)19-14-8-3-9-15-19/h1-15,29H,16H2. The van der Waals surface area contributed by atoms with E-state index in [0.717, 1.165) is 28.5 Å². The third-order valence-corrected chi connectivity index (χ3v) is 7.86. The van der Waals surface area contributed by atoms with Gasteiger partial charge in [-0.2, -0.15) is 0 Å². The summed E-state index contributed by atoms with van der Waals surface area (Å²) in [7, 11) is 0. The molecular weight excluding hydrogens is 488 g/mol. The number of nitrogens with one attached hydrogen (secondary N) is 1. The normalized spacial score (nSPS) is 13.5. The SMILES string of the molecule is N=C1SCC(=O)N1c1c(C(=O)c2ccccc2)sc2nnc(-c3ccccc3)c(-c3ccccc3)c12. The number of rotatable bonds is 5. The topological polar surface area (TPSA) is 87.0 Å². The zero-order valence-electron chi connectivity index (χ0n) is 18.8. The summed E-state index contributed by atoms with van der Waals surface area (Å²) in [5.74, 6) is -0.296. The first-order valence-corrected chi connectivity index (χ1v) is 13.0. The van der Waals surface area contributed by atoms with Gasteiger partial charge in [0, 0.05) is 22.1 Å². The van der Waals surface area contributed by atoms with Crippen LogP contribution in [0.5, 0.6) is 0 Å². The number of carbonyl (C=O) groups is 2. The minimum atomic E-state index is -0.233. The molecule has 0 bridgehead atoms. The highest BCUT2D eigenvalue weighted by Crippen LogP contribution is 2.47. The number of nitrogens with zero attached hydrogens (tertiary/aromatic N) is 3. The van der Waals surface area contributed by atoms with Gasteiger partial charge in [0.25, 0.3) is 0 Å². The maximum absolute atomic E-state index is 13.8. The fraction of sp³-hybridized carbons (Fsp3) is 0.0357. The van der Waals surface area contributed by atoms with Crippen molar-refractivity contribution < 1.29 is 9.59 Å². The van der Waals surface area contributed by atoms with E-state index in [1.54, 1.807) is 12.1 Å². The summed E-state index contributed by atoms with van der Waals surface area (Å²) in [6, 6.07) is 28.5. The average molecular weight is 507 g/mol. The summed E-state index contributed by atoms with van der Waals surface area (Å²) in [5, 5.41) is 18.4. The molecule has 6 rings (SSSR count). The molecule has 0 spiro atoms. The molecule has 3 heterocycles. The van der Waals surface area contributed by atoms with Gasteiger partial charge in [-0.25, -0.2) is 0 Å².